The molecule has 0 aromatic heterocycles. The fourth-order valence-corrected chi connectivity index (χ4v) is 2.63. The molecule has 2 rings (SSSR count). The first kappa shape index (κ1) is 11.6. The van der Waals surface area contributed by atoms with E-state index in [1.54, 1.807) is 0 Å². The van der Waals surface area contributed by atoms with E-state index in [0.29, 0.717) is 0 Å². The Hall–Kier alpha value is -0.830. The first-order valence-electron chi connectivity index (χ1n) is 5.77. The molecule has 1 atom stereocenters. The topological polar surface area (TPSA) is 20.3 Å². The van der Waals surface area contributed by atoms with Gasteiger partial charge in [0.05, 0.1) is 0 Å². The lowest BCUT2D eigenvalue weighted by Gasteiger charge is -2.28. The van der Waals surface area contributed by atoms with Crippen molar-refractivity contribution in [3.63, 3.8) is 0 Å². The maximum Gasteiger partial charge on any atom is 0.240 e. The summed E-state index contributed by atoms with van der Waals surface area (Å²) in [6, 6.07) is 9.87. The van der Waals surface area contributed by atoms with Gasteiger partial charge in [-0.15, -0.1) is 0 Å². The fourth-order valence-electron chi connectivity index (χ4n) is 2.04. The van der Waals surface area contributed by atoms with Gasteiger partial charge in [0.2, 0.25) is 5.91 Å². The Labute approximate surface area is 105 Å². The van der Waals surface area contributed by atoms with Crippen LogP contribution >= 0.6 is 15.9 Å². The number of hydrogen-bond acceptors (Lipinski definition) is 1. The Morgan fingerprint density at radius 1 is 1.12 bits per heavy atom. The highest BCUT2D eigenvalue weighted by Crippen LogP contribution is 2.26. The maximum atomic E-state index is 12.2. The van der Waals surface area contributed by atoms with Gasteiger partial charge >= 0.3 is 0 Å². The highest BCUT2D eigenvalue weighted by atomic mass is 79.9. The highest BCUT2D eigenvalue weighted by molar-refractivity contribution is 9.09. The summed E-state index contributed by atoms with van der Waals surface area (Å²) >= 11 is 3.50. The zero-order chi connectivity index (χ0) is 11.4. The summed E-state index contributed by atoms with van der Waals surface area (Å²) in [5.41, 5.74) is 1.04. The molecule has 1 aromatic carbocycles. The number of rotatable bonds is 2. The second kappa shape index (κ2) is 5.48. The van der Waals surface area contributed by atoms with Crippen LogP contribution in [0, 0.1) is 0 Å². The van der Waals surface area contributed by atoms with E-state index < -0.39 is 0 Å². The minimum Gasteiger partial charge on any atom is -0.341 e. The fraction of sp³-hybridized carbons (Fsp3) is 0.462. The lowest BCUT2D eigenvalue weighted by Crippen LogP contribution is -2.37. The van der Waals surface area contributed by atoms with Crippen molar-refractivity contribution in [1.29, 1.82) is 0 Å². The largest absolute Gasteiger partial charge is 0.341 e. The number of carbonyl (C=O) groups is 1. The van der Waals surface area contributed by atoms with Crippen LogP contribution in [0.3, 0.4) is 0 Å². The van der Waals surface area contributed by atoms with E-state index in [1.807, 2.05) is 35.2 Å². The number of benzene rings is 1. The summed E-state index contributed by atoms with van der Waals surface area (Å²) in [7, 11) is 0. The van der Waals surface area contributed by atoms with Gasteiger partial charge in [-0.3, -0.25) is 4.79 Å². The van der Waals surface area contributed by atoms with Crippen molar-refractivity contribution < 1.29 is 4.79 Å². The molecular weight excluding hydrogens is 266 g/mol. The molecule has 0 spiro atoms. The molecule has 86 valence electrons. The van der Waals surface area contributed by atoms with Crippen molar-refractivity contribution in [2.75, 3.05) is 13.1 Å². The van der Waals surface area contributed by atoms with Crippen LogP contribution < -0.4 is 0 Å². The van der Waals surface area contributed by atoms with Gasteiger partial charge in [-0.05, 0) is 24.8 Å². The van der Waals surface area contributed by atoms with E-state index in [0.717, 1.165) is 31.5 Å². The van der Waals surface area contributed by atoms with Crippen molar-refractivity contribution in [2.45, 2.75) is 24.1 Å². The third kappa shape index (κ3) is 2.64. The van der Waals surface area contributed by atoms with Crippen LogP contribution in [-0.2, 0) is 4.79 Å². The van der Waals surface area contributed by atoms with Crippen molar-refractivity contribution in [3.05, 3.63) is 35.9 Å². The van der Waals surface area contributed by atoms with Crippen LogP contribution in [0.2, 0.25) is 0 Å². The number of carbonyl (C=O) groups excluding carboxylic acids is 1. The molecule has 1 amide bonds. The van der Waals surface area contributed by atoms with Gasteiger partial charge < -0.3 is 4.90 Å². The molecule has 1 aliphatic rings. The van der Waals surface area contributed by atoms with E-state index in [1.165, 1.54) is 6.42 Å². The van der Waals surface area contributed by atoms with Gasteiger partial charge in [0.1, 0.15) is 4.83 Å². The Morgan fingerprint density at radius 2 is 1.75 bits per heavy atom. The van der Waals surface area contributed by atoms with E-state index in [4.69, 9.17) is 0 Å². The van der Waals surface area contributed by atoms with Crippen molar-refractivity contribution >= 4 is 21.8 Å². The van der Waals surface area contributed by atoms with Gasteiger partial charge in [-0.2, -0.15) is 0 Å². The number of hydrogen-bond donors (Lipinski definition) is 0. The average molecular weight is 282 g/mol. The Morgan fingerprint density at radius 3 is 2.38 bits per heavy atom. The standard InChI is InChI=1S/C13H16BrNO/c14-12(11-7-3-1-4-8-11)13(16)15-9-5-2-6-10-15/h1,3-4,7-8,12H,2,5-6,9-10H2. The third-order valence-corrected chi connectivity index (χ3v) is 3.90. The first-order chi connectivity index (χ1) is 7.79. The molecule has 3 heteroatoms. The van der Waals surface area contributed by atoms with Crippen molar-refractivity contribution in [1.82, 2.24) is 4.90 Å². The zero-order valence-electron chi connectivity index (χ0n) is 9.23. The van der Waals surface area contributed by atoms with E-state index in [2.05, 4.69) is 15.9 Å². The van der Waals surface area contributed by atoms with Gasteiger partial charge in [0.25, 0.3) is 0 Å². The number of piperidine rings is 1. The predicted octanol–water partition coefficient (Wildman–Crippen LogP) is 3.14. The highest BCUT2D eigenvalue weighted by Gasteiger charge is 2.24. The minimum absolute atomic E-state index is 0.188. The van der Waals surface area contributed by atoms with Gasteiger partial charge in [0.15, 0.2) is 0 Å². The van der Waals surface area contributed by atoms with Crippen LogP contribution in [0.25, 0.3) is 0 Å². The molecular formula is C13H16BrNO. The molecule has 1 unspecified atom stereocenters. The number of likely N-dealkylation sites (tertiary alicyclic amines) is 1. The Bertz CT molecular complexity index is 346. The molecule has 1 fully saturated rings. The average Bonchev–Trinajstić information content (AvgIpc) is 2.39. The molecule has 0 N–H and O–H groups in total. The lowest BCUT2D eigenvalue weighted by molar-refractivity contribution is -0.131. The first-order valence-corrected chi connectivity index (χ1v) is 6.68. The summed E-state index contributed by atoms with van der Waals surface area (Å²) in [5, 5.41) is 0. The predicted molar refractivity (Wildman–Crippen MR) is 68.5 cm³/mol. The van der Waals surface area contributed by atoms with Crippen LogP contribution in [0.4, 0.5) is 0 Å². The van der Waals surface area contributed by atoms with Crippen molar-refractivity contribution in [3.8, 4) is 0 Å². The summed E-state index contributed by atoms with van der Waals surface area (Å²) in [6.45, 7) is 1.82. The summed E-state index contributed by atoms with van der Waals surface area (Å²) in [4.78, 5) is 14.0. The summed E-state index contributed by atoms with van der Waals surface area (Å²) < 4.78 is 0. The molecule has 1 aliphatic heterocycles. The smallest absolute Gasteiger partial charge is 0.240 e. The molecule has 1 aromatic rings. The van der Waals surface area contributed by atoms with E-state index in [-0.39, 0.29) is 10.7 Å². The van der Waals surface area contributed by atoms with Gasteiger partial charge in [-0.1, -0.05) is 46.3 Å². The summed E-state index contributed by atoms with van der Waals surface area (Å²) in [6.07, 6.45) is 3.53. The van der Waals surface area contributed by atoms with Crippen LogP contribution in [-0.4, -0.2) is 23.9 Å². The molecule has 0 saturated carbocycles. The Kier molecular flexibility index (Phi) is 3.99. The van der Waals surface area contributed by atoms with E-state index in [9.17, 15) is 4.79 Å². The van der Waals surface area contributed by atoms with Gasteiger partial charge in [-0.25, -0.2) is 0 Å². The summed E-state index contributed by atoms with van der Waals surface area (Å²) in [5.74, 6) is 0.200. The normalized spacial score (nSPS) is 18.2. The molecule has 2 nitrogen and oxygen atoms in total. The molecule has 0 radical (unpaired) electrons. The maximum absolute atomic E-state index is 12.2. The van der Waals surface area contributed by atoms with Gasteiger partial charge in [0, 0.05) is 13.1 Å². The number of alkyl halides is 1. The molecule has 1 heterocycles. The molecule has 0 bridgehead atoms. The molecule has 16 heavy (non-hydrogen) atoms. The zero-order valence-corrected chi connectivity index (χ0v) is 10.8. The monoisotopic (exact) mass is 281 g/mol. The molecule has 0 aliphatic carbocycles. The number of amides is 1. The molecule has 1 saturated heterocycles. The quantitative estimate of drug-likeness (QED) is 0.763. The van der Waals surface area contributed by atoms with E-state index >= 15 is 0 Å². The second-order valence-corrected chi connectivity index (χ2v) is 5.07. The minimum atomic E-state index is -0.188. The second-order valence-electron chi connectivity index (χ2n) is 4.16. The Balaban J connectivity index is 2.04. The van der Waals surface area contributed by atoms with Crippen molar-refractivity contribution in [2.24, 2.45) is 0 Å². The van der Waals surface area contributed by atoms with Crippen LogP contribution in [0.1, 0.15) is 29.7 Å². The number of halogens is 1. The number of nitrogens with zero attached hydrogens (tertiary/aromatic N) is 1. The van der Waals surface area contributed by atoms with Crippen LogP contribution in [0.5, 0.6) is 0 Å². The SMILES string of the molecule is O=C(C(Br)c1ccccc1)N1CCCCC1. The lowest BCUT2D eigenvalue weighted by atomic mass is 10.1. The third-order valence-electron chi connectivity index (χ3n) is 2.98. The van der Waals surface area contributed by atoms with Crippen LogP contribution in [0.15, 0.2) is 30.3 Å².